The maximum Gasteiger partial charge on any atom is 0.134 e. The molecule has 3 rings (SSSR count). The Morgan fingerprint density at radius 1 is 1.25 bits per heavy atom. The maximum atomic E-state index is 5.82. The van der Waals surface area contributed by atoms with Crippen LogP contribution in [-0.4, -0.2) is 29.6 Å². The summed E-state index contributed by atoms with van der Waals surface area (Å²) in [7, 11) is 0. The van der Waals surface area contributed by atoms with Gasteiger partial charge in [0.15, 0.2) is 0 Å². The molecular formula is C15H19N5. The first-order valence-corrected chi connectivity index (χ1v) is 6.87. The van der Waals surface area contributed by atoms with E-state index in [1.807, 2.05) is 19.1 Å². The van der Waals surface area contributed by atoms with Crippen molar-refractivity contribution in [2.45, 2.75) is 13.0 Å². The van der Waals surface area contributed by atoms with Crippen LogP contribution in [0.3, 0.4) is 0 Å². The Hall–Kier alpha value is -2.14. The van der Waals surface area contributed by atoms with E-state index in [1.165, 1.54) is 5.56 Å². The van der Waals surface area contributed by atoms with Crippen LogP contribution < -0.4 is 16.0 Å². The second kappa shape index (κ2) is 5.46. The topological polar surface area (TPSA) is 67.1 Å². The van der Waals surface area contributed by atoms with Crippen molar-refractivity contribution >= 4 is 11.6 Å². The highest BCUT2D eigenvalue weighted by atomic mass is 15.3. The number of rotatable bonds is 2. The Labute approximate surface area is 118 Å². The molecule has 0 spiro atoms. The molecule has 0 amide bonds. The summed E-state index contributed by atoms with van der Waals surface area (Å²) in [5, 5.41) is 3.55. The summed E-state index contributed by atoms with van der Waals surface area (Å²) in [6.45, 7) is 4.62. The number of hydrogen-bond donors (Lipinski definition) is 2. The minimum Gasteiger partial charge on any atom is -0.384 e. The minimum absolute atomic E-state index is 0.321. The number of nitrogens with two attached hydrogens (primary N) is 1. The zero-order valence-corrected chi connectivity index (χ0v) is 11.6. The van der Waals surface area contributed by atoms with Crippen LogP contribution in [0.4, 0.5) is 11.6 Å². The van der Waals surface area contributed by atoms with E-state index in [0.29, 0.717) is 11.9 Å². The third-order valence-electron chi connectivity index (χ3n) is 3.55. The zero-order chi connectivity index (χ0) is 13.9. The second-order valence-electron chi connectivity index (χ2n) is 5.06. The van der Waals surface area contributed by atoms with Gasteiger partial charge in [0, 0.05) is 31.7 Å². The average molecular weight is 269 g/mol. The van der Waals surface area contributed by atoms with Crippen LogP contribution in [-0.2, 0) is 0 Å². The fourth-order valence-corrected chi connectivity index (χ4v) is 2.60. The van der Waals surface area contributed by atoms with Crippen LogP contribution >= 0.6 is 0 Å². The van der Waals surface area contributed by atoms with Gasteiger partial charge in [-0.1, -0.05) is 30.3 Å². The van der Waals surface area contributed by atoms with Crippen molar-refractivity contribution in [3.8, 4) is 0 Å². The Morgan fingerprint density at radius 3 is 2.80 bits per heavy atom. The highest BCUT2D eigenvalue weighted by molar-refractivity contribution is 5.47. The lowest BCUT2D eigenvalue weighted by Gasteiger charge is -2.34. The molecule has 5 nitrogen and oxygen atoms in total. The van der Waals surface area contributed by atoms with Gasteiger partial charge in [0.25, 0.3) is 0 Å². The standard InChI is InChI=1S/C15H19N5/c1-11-18-14(16)9-15(19-11)20-8-7-17-13(10-20)12-5-3-2-4-6-12/h2-6,9,13,17H,7-8,10H2,1H3,(H2,16,18,19)/t13-/m1/s1. The van der Waals surface area contributed by atoms with E-state index in [4.69, 9.17) is 5.73 Å². The Balaban J connectivity index is 1.81. The molecule has 2 aromatic rings. The minimum atomic E-state index is 0.321. The zero-order valence-electron chi connectivity index (χ0n) is 11.6. The predicted octanol–water partition coefficient (Wildman–Crippen LogP) is 1.52. The molecule has 1 aliphatic rings. The van der Waals surface area contributed by atoms with E-state index < -0.39 is 0 Å². The summed E-state index contributed by atoms with van der Waals surface area (Å²) in [6, 6.07) is 12.7. The molecule has 5 heteroatoms. The van der Waals surface area contributed by atoms with Gasteiger partial charge in [-0.2, -0.15) is 0 Å². The number of aryl methyl sites for hydroxylation is 1. The third-order valence-corrected chi connectivity index (χ3v) is 3.55. The SMILES string of the molecule is Cc1nc(N)cc(N2CCN[C@@H](c3ccccc3)C2)n1. The number of anilines is 2. The van der Waals surface area contributed by atoms with Gasteiger partial charge in [0.2, 0.25) is 0 Å². The Morgan fingerprint density at radius 2 is 2.05 bits per heavy atom. The first-order chi connectivity index (χ1) is 9.72. The molecule has 1 fully saturated rings. The Kier molecular flexibility index (Phi) is 3.52. The molecule has 1 aromatic heterocycles. The first kappa shape index (κ1) is 12.9. The van der Waals surface area contributed by atoms with Gasteiger partial charge in [-0.25, -0.2) is 9.97 Å². The molecule has 0 unspecified atom stereocenters. The number of aromatic nitrogens is 2. The quantitative estimate of drug-likeness (QED) is 0.865. The molecule has 0 saturated carbocycles. The van der Waals surface area contributed by atoms with Gasteiger partial charge in [0.05, 0.1) is 0 Å². The molecular weight excluding hydrogens is 250 g/mol. The van der Waals surface area contributed by atoms with Crippen LogP contribution in [0, 0.1) is 6.92 Å². The van der Waals surface area contributed by atoms with Gasteiger partial charge < -0.3 is 16.0 Å². The lowest BCUT2D eigenvalue weighted by atomic mass is 10.0. The molecule has 1 saturated heterocycles. The summed E-state index contributed by atoms with van der Waals surface area (Å²) in [5.41, 5.74) is 7.12. The summed E-state index contributed by atoms with van der Waals surface area (Å²) < 4.78 is 0. The smallest absolute Gasteiger partial charge is 0.134 e. The van der Waals surface area contributed by atoms with E-state index >= 15 is 0 Å². The van der Waals surface area contributed by atoms with E-state index in [0.717, 1.165) is 31.3 Å². The molecule has 1 aliphatic heterocycles. The van der Waals surface area contributed by atoms with Crippen molar-refractivity contribution in [2.75, 3.05) is 30.3 Å². The maximum absolute atomic E-state index is 5.82. The number of benzene rings is 1. The van der Waals surface area contributed by atoms with Gasteiger partial charge in [-0.05, 0) is 12.5 Å². The van der Waals surface area contributed by atoms with Gasteiger partial charge in [-0.15, -0.1) is 0 Å². The fraction of sp³-hybridized carbons (Fsp3) is 0.333. The number of piperazine rings is 1. The number of hydrogen-bond acceptors (Lipinski definition) is 5. The second-order valence-corrected chi connectivity index (χ2v) is 5.06. The summed E-state index contributed by atoms with van der Waals surface area (Å²) in [5.74, 6) is 2.16. The number of nitrogens with one attached hydrogen (secondary N) is 1. The van der Waals surface area contributed by atoms with Gasteiger partial charge in [0.1, 0.15) is 17.5 Å². The monoisotopic (exact) mass is 269 g/mol. The van der Waals surface area contributed by atoms with Gasteiger partial charge in [-0.3, -0.25) is 0 Å². The molecule has 0 aliphatic carbocycles. The third kappa shape index (κ3) is 2.72. The van der Waals surface area contributed by atoms with Crippen molar-refractivity contribution in [1.82, 2.24) is 15.3 Å². The molecule has 1 atom stereocenters. The lowest BCUT2D eigenvalue weighted by molar-refractivity contribution is 0.469. The largest absolute Gasteiger partial charge is 0.384 e. The van der Waals surface area contributed by atoms with E-state index in [1.54, 1.807) is 0 Å². The van der Waals surface area contributed by atoms with Crippen LogP contribution in [0.1, 0.15) is 17.4 Å². The number of nitrogen functional groups attached to an aromatic ring is 1. The molecule has 1 aromatic carbocycles. The molecule has 0 bridgehead atoms. The van der Waals surface area contributed by atoms with Crippen molar-refractivity contribution in [3.05, 3.63) is 47.8 Å². The van der Waals surface area contributed by atoms with E-state index in [-0.39, 0.29) is 0 Å². The molecule has 3 N–H and O–H groups in total. The van der Waals surface area contributed by atoms with Crippen LogP contribution in [0.5, 0.6) is 0 Å². The first-order valence-electron chi connectivity index (χ1n) is 6.87. The molecule has 2 heterocycles. The van der Waals surface area contributed by atoms with Crippen molar-refractivity contribution in [3.63, 3.8) is 0 Å². The Bertz CT molecular complexity index is 564. The average Bonchev–Trinajstić information content (AvgIpc) is 2.47. The molecule has 104 valence electrons. The van der Waals surface area contributed by atoms with E-state index in [2.05, 4.69) is 44.5 Å². The predicted molar refractivity (Wildman–Crippen MR) is 80.6 cm³/mol. The van der Waals surface area contributed by atoms with Gasteiger partial charge >= 0.3 is 0 Å². The van der Waals surface area contributed by atoms with Crippen LogP contribution in [0.2, 0.25) is 0 Å². The van der Waals surface area contributed by atoms with Crippen molar-refractivity contribution in [2.24, 2.45) is 0 Å². The number of nitrogens with zero attached hydrogens (tertiary/aromatic N) is 3. The normalized spacial score (nSPS) is 19.1. The summed E-state index contributed by atoms with van der Waals surface area (Å²) in [6.07, 6.45) is 0. The fourth-order valence-electron chi connectivity index (χ4n) is 2.60. The highest BCUT2D eigenvalue weighted by Crippen LogP contribution is 2.22. The van der Waals surface area contributed by atoms with Crippen molar-refractivity contribution in [1.29, 1.82) is 0 Å². The summed E-state index contributed by atoms with van der Waals surface area (Å²) in [4.78, 5) is 10.9. The summed E-state index contributed by atoms with van der Waals surface area (Å²) >= 11 is 0. The molecule has 20 heavy (non-hydrogen) atoms. The molecule has 0 radical (unpaired) electrons. The van der Waals surface area contributed by atoms with E-state index in [9.17, 15) is 0 Å². The highest BCUT2D eigenvalue weighted by Gasteiger charge is 2.21. The van der Waals surface area contributed by atoms with Crippen LogP contribution in [0.25, 0.3) is 0 Å². The van der Waals surface area contributed by atoms with Crippen LogP contribution in [0.15, 0.2) is 36.4 Å². The van der Waals surface area contributed by atoms with Crippen molar-refractivity contribution < 1.29 is 0 Å². The lowest BCUT2D eigenvalue weighted by Crippen LogP contribution is -2.46.